The number of benzene rings is 1. The van der Waals surface area contributed by atoms with Gasteiger partial charge in [0.15, 0.2) is 0 Å². The van der Waals surface area contributed by atoms with Gasteiger partial charge in [0.2, 0.25) is 5.91 Å². The first-order valence-electron chi connectivity index (χ1n) is 7.08. The summed E-state index contributed by atoms with van der Waals surface area (Å²) in [6.45, 7) is 3.71. The fourth-order valence-electron chi connectivity index (χ4n) is 2.48. The van der Waals surface area contributed by atoms with Crippen LogP contribution in [0.15, 0.2) is 18.2 Å². The highest BCUT2D eigenvalue weighted by Crippen LogP contribution is 2.24. The zero-order chi connectivity index (χ0) is 13.9. The number of aliphatic hydroxyl groups is 1. The average Bonchev–Trinajstić information content (AvgIpc) is 2.33. The first-order valence-corrected chi connectivity index (χ1v) is 7.08. The van der Waals surface area contributed by atoms with Crippen molar-refractivity contribution in [3.8, 4) is 0 Å². The van der Waals surface area contributed by atoms with E-state index in [2.05, 4.69) is 17.4 Å². The van der Waals surface area contributed by atoms with Crippen LogP contribution < -0.4 is 5.32 Å². The summed E-state index contributed by atoms with van der Waals surface area (Å²) in [5, 5.41) is 12.6. The molecule has 1 aromatic carbocycles. The van der Waals surface area contributed by atoms with Crippen LogP contribution >= 0.6 is 0 Å². The molecule has 0 aliphatic carbocycles. The number of nitrogens with one attached hydrogen (secondary N) is 1. The van der Waals surface area contributed by atoms with E-state index in [1.807, 2.05) is 19.9 Å². The van der Waals surface area contributed by atoms with Gasteiger partial charge in [0.25, 0.3) is 0 Å². The molecule has 2 rings (SSSR count). The number of amides is 1. The lowest BCUT2D eigenvalue weighted by Crippen LogP contribution is -2.19. The molecule has 104 valence electrons. The maximum atomic E-state index is 11.3. The number of hydrogen-bond donors (Lipinski definition) is 2. The van der Waals surface area contributed by atoms with E-state index in [-0.39, 0.29) is 5.91 Å². The van der Waals surface area contributed by atoms with Gasteiger partial charge >= 0.3 is 0 Å². The Labute approximate surface area is 115 Å². The molecule has 19 heavy (non-hydrogen) atoms. The fraction of sp³-hybridized carbons (Fsp3) is 0.562. The molecular weight excluding hydrogens is 238 g/mol. The molecule has 0 aromatic heterocycles. The zero-order valence-electron chi connectivity index (χ0n) is 11.8. The molecule has 0 radical (unpaired) electrons. The summed E-state index contributed by atoms with van der Waals surface area (Å²) >= 11 is 0. The van der Waals surface area contributed by atoms with Crippen molar-refractivity contribution in [2.75, 3.05) is 5.32 Å². The molecule has 1 aliphatic rings. The van der Waals surface area contributed by atoms with Gasteiger partial charge in [0, 0.05) is 12.1 Å². The van der Waals surface area contributed by atoms with E-state index >= 15 is 0 Å². The maximum Gasteiger partial charge on any atom is 0.224 e. The number of fused-ring (bicyclic) bond motifs is 1. The molecule has 3 heteroatoms. The third kappa shape index (κ3) is 4.35. The lowest BCUT2D eigenvalue weighted by Gasteiger charge is -2.18. The maximum absolute atomic E-state index is 11.3. The van der Waals surface area contributed by atoms with Crippen molar-refractivity contribution in [1.82, 2.24) is 0 Å². The molecule has 0 spiro atoms. The molecule has 0 atom stereocenters. The van der Waals surface area contributed by atoms with Crippen LogP contribution in [0.1, 0.15) is 50.7 Å². The number of aryl methyl sites for hydroxylation is 2. The van der Waals surface area contributed by atoms with Crippen molar-refractivity contribution in [2.45, 2.75) is 58.0 Å². The molecular formula is C16H23NO2. The van der Waals surface area contributed by atoms with Crippen LogP contribution in [0.3, 0.4) is 0 Å². The van der Waals surface area contributed by atoms with E-state index < -0.39 is 5.60 Å². The Kier molecular flexibility index (Phi) is 4.25. The summed E-state index contributed by atoms with van der Waals surface area (Å²) < 4.78 is 0. The normalized spacial score (nSPS) is 15.0. The molecule has 0 unspecified atom stereocenters. The first-order chi connectivity index (χ1) is 8.94. The van der Waals surface area contributed by atoms with E-state index in [1.54, 1.807) is 0 Å². The highest BCUT2D eigenvalue weighted by atomic mass is 16.3. The van der Waals surface area contributed by atoms with Gasteiger partial charge in [-0.25, -0.2) is 0 Å². The number of unbranched alkanes of at least 4 members (excludes halogenated alkanes) is 1. The van der Waals surface area contributed by atoms with Gasteiger partial charge in [-0.2, -0.15) is 0 Å². The minimum absolute atomic E-state index is 0.116. The standard InChI is InChI=1S/C16H23NO2/c1-16(2,19)10-4-3-5-12-6-8-14-13(11-12)7-9-15(18)17-14/h6,8,11,19H,3-5,7,9-10H2,1-2H3,(H,17,18). The molecule has 1 amide bonds. The minimum Gasteiger partial charge on any atom is -0.390 e. The molecule has 2 N–H and O–H groups in total. The van der Waals surface area contributed by atoms with Gasteiger partial charge in [0.05, 0.1) is 5.60 Å². The second-order valence-electron chi connectivity index (χ2n) is 6.06. The summed E-state index contributed by atoms with van der Waals surface area (Å²) in [5.41, 5.74) is 2.99. The summed E-state index contributed by atoms with van der Waals surface area (Å²) in [6.07, 6.45) is 5.45. The molecule has 1 aromatic rings. The number of carbonyl (C=O) groups is 1. The second kappa shape index (κ2) is 5.74. The minimum atomic E-state index is -0.555. The van der Waals surface area contributed by atoms with E-state index in [1.165, 1.54) is 11.1 Å². The Morgan fingerprint density at radius 3 is 2.79 bits per heavy atom. The van der Waals surface area contributed by atoms with Crippen LogP contribution in [0.2, 0.25) is 0 Å². The predicted octanol–water partition coefficient (Wildman–Crippen LogP) is 3.06. The number of anilines is 1. The quantitative estimate of drug-likeness (QED) is 0.800. The van der Waals surface area contributed by atoms with Crippen molar-refractivity contribution in [1.29, 1.82) is 0 Å². The highest BCUT2D eigenvalue weighted by molar-refractivity contribution is 5.93. The van der Waals surface area contributed by atoms with Gasteiger partial charge in [-0.05, 0) is 56.7 Å². The van der Waals surface area contributed by atoms with Gasteiger partial charge < -0.3 is 10.4 Å². The topological polar surface area (TPSA) is 49.3 Å². The predicted molar refractivity (Wildman–Crippen MR) is 77.2 cm³/mol. The molecule has 0 saturated heterocycles. The lowest BCUT2D eigenvalue weighted by molar-refractivity contribution is -0.116. The summed E-state index contributed by atoms with van der Waals surface area (Å²) in [6, 6.07) is 6.31. The van der Waals surface area contributed by atoms with Gasteiger partial charge in [-0.15, -0.1) is 0 Å². The van der Waals surface area contributed by atoms with Gasteiger partial charge in [0.1, 0.15) is 0 Å². The summed E-state index contributed by atoms with van der Waals surface area (Å²) in [5.74, 6) is 0.116. The summed E-state index contributed by atoms with van der Waals surface area (Å²) in [4.78, 5) is 11.3. The van der Waals surface area contributed by atoms with Crippen molar-refractivity contribution >= 4 is 11.6 Å². The zero-order valence-corrected chi connectivity index (χ0v) is 11.8. The van der Waals surface area contributed by atoms with Crippen LogP contribution in [0, 0.1) is 0 Å². The molecule has 3 nitrogen and oxygen atoms in total. The summed E-state index contributed by atoms with van der Waals surface area (Å²) in [7, 11) is 0. The first kappa shape index (κ1) is 14.1. The van der Waals surface area contributed by atoms with Gasteiger partial charge in [-0.3, -0.25) is 4.79 Å². The second-order valence-corrected chi connectivity index (χ2v) is 6.06. The van der Waals surface area contributed by atoms with Crippen LogP contribution in [0.4, 0.5) is 5.69 Å². The largest absolute Gasteiger partial charge is 0.390 e. The number of hydrogen-bond acceptors (Lipinski definition) is 2. The monoisotopic (exact) mass is 261 g/mol. The molecule has 1 aliphatic heterocycles. The van der Waals surface area contributed by atoms with E-state index in [4.69, 9.17) is 0 Å². The smallest absolute Gasteiger partial charge is 0.224 e. The Bertz CT molecular complexity index is 460. The highest BCUT2D eigenvalue weighted by Gasteiger charge is 2.15. The lowest BCUT2D eigenvalue weighted by atomic mass is 9.96. The molecule has 0 saturated carbocycles. The van der Waals surface area contributed by atoms with Crippen LogP contribution in [-0.4, -0.2) is 16.6 Å². The molecule has 0 bridgehead atoms. The van der Waals surface area contributed by atoms with Crippen molar-refractivity contribution in [2.24, 2.45) is 0 Å². The van der Waals surface area contributed by atoms with E-state index in [0.29, 0.717) is 6.42 Å². The average molecular weight is 261 g/mol. The third-order valence-corrected chi connectivity index (χ3v) is 3.57. The fourth-order valence-corrected chi connectivity index (χ4v) is 2.48. The SMILES string of the molecule is CC(C)(O)CCCCc1ccc2c(c1)CCC(=O)N2. The molecule has 0 fully saturated rings. The van der Waals surface area contributed by atoms with E-state index in [9.17, 15) is 9.90 Å². The van der Waals surface area contributed by atoms with Gasteiger partial charge in [-0.1, -0.05) is 18.6 Å². The van der Waals surface area contributed by atoms with E-state index in [0.717, 1.165) is 37.8 Å². The Balaban J connectivity index is 1.87. The third-order valence-electron chi connectivity index (χ3n) is 3.57. The van der Waals surface area contributed by atoms with Crippen molar-refractivity contribution in [3.63, 3.8) is 0 Å². The van der Waals surface area contributed by atoms with Crippen LogP contribution in [0.5, 0.6) is 0 Å². The van der Waals surface area contributed by atoms with Crippen LogP contribution in [0.25, 0.3) is 0 Å². The Morgan fingerprint density at radius 2 is 2.05 bits per heavy atom. The van der Waals surface area contributed by atoms with Crippen LogP contribution in [-0.2, 0) is 17.6 Å². The van der Waals surface area contributed by atoms with Crippen molar-refractivity contribution < 1.29 is 9.90 Å². The number of rotatable bonds is 5. The Morgan fingerprint density at radius 1 is 1.26 bits per heavy atom. The Hall–Kier alpha value is -1.35. The van der Waals surface area contributed by atoms with Crippen molar-refractivity contribution in [3.05, 3.63) is 29.3 Å². The molecule has 1 heterocycles. The number of carbonyl (C=O) groups excluding carboxylic acids is 1.